The standard InChI is InChI=1S/C9H14N4.ClH/c1-13(8-2-3-10-6-8)9-7-11-4-5-12-9;/h4-5,7-8,10H,2-3,6H2,1H3;1H/t8-;/m1./s1. The molecule has 1 aliphatic heterocycles. The van der Waals surface area contributed by atoms with Crippen LogP contribution in [0.1, 0.15) is 6.42 Å². The van der Waals surface area contributed by atoms with E-state index in [1.807, 2.05) is 0 Å². The number of nitrogens with zero attached hydrogens (tertiary/aromatic N) is 3. The zero-order valence-corrected chi connectivity index (χ0v) is 9.00. The lowest BCUT2D eigenvalue weighted by Crippen LogP contribution is -2.33. The van der Waals surface area contributed by atoms with Crippen LogP contribution in [0.2, 0.25) is 0 Å². The van der Waals surface area contributed by atoms with Gasteiger partial charge in [-0.2, -0.15) is 0 Å². The van der Waals surface area contributed by atoms with Crippen molar-refractivity contribution in [2.24, 2.45) is 0 Å². The van der Waals surface area contributed by atoms with E-state index in [1.165, 1.54) is 6.42 Å². The van der Waals surface area contributed by atoms with Crippen LogP contribution in [0.25, 0.3) is 0 Å². The molecule has 1 fully saturated rings. The predicted octanol–water partition coefficient (Wildman–Crippen LogP) is 0.696. The molecular weight excluding hydrogens is 200 g/mol. The van der Waals surface area contributed by atoms with E-state index >= 15 is 0 Å². The fourth-order valence-electron chi connectivity index (χ4n) is 1.63. The van der Waals surface area contributed by atoms with Crippen LogP contribution in [0, 0.1) is 0 Å². The highest BCUT2D eigenvalue weighted by Gasteiger charge is 2.19. The summed E-state index contributed by atoms with van der Waals surface area (Å²) in [4.78, 5) is 10.5. The molecule has 1 N–H and O–H groups in total. The van der Waals surface area contributed by atoms with Gasteiger partial charge < -0.3 is 10.2 Å². The van der Waals surface area contributed by atoms with Crippen LogP contribution in [-0.2, 0) is 0 Å². The summed E-state index contributed by atoms with van der Waals surface area (Å²) < 4.78 is 0. The summed E-state index contributed by atoms with van der Waals surface area (Å²) in [5.41, 5.74) is 0. The SMILES string of the molecule is CN(c1cnccn1)[C@@H]1CCNC1.Cl. The molecule has 1 aromatic heterocycles. The van der Waals surface area contributed by atoms with Crippen molar-refractivity contribution in [2.75, 3.05) is 25.0 Å². The summed E-state index contributed by atoms with van der Waals surface area (Å²) >= 11 is 0. The fourth-order valence-corrected chi connectivity index (χ4v) is 1.63. The van der Waals surface area contributed by atoms with Crippen molar-refractivity contribution in [3.05, 3.63) is 18.6 Å². The Morgan fingerprint density at radius 3 is 2.93 bits per heavy atom. The number of nitrogens with one attached hydrogen (secondary N) is 1. The number of aromatic nitrogens is 2. The second-order valence-electron chi connectivity index (χ2n) is 3.32. The Kier molecular flexibility index (Phi) is 4.10. The summed E-state index contributed by atoms with van der Waals surface area (Å²) in [5.74, 6) is 0.955. The highest BCUT2D eigenvalue weighted by atomic mass is 35.5. The van der Waals surface area contributed by atoms with Gasteiger partial charge in [0.25, 0.3) is 0 Å². The van der Waals surface area contributed by atoms with Crippen LogP contribution < -0.4 is 10.2 Å². The molecule has 5 heteroatoms. The van der Waals surface area contributed by atoms with Crippen LogP contribution in [0.15, 0.2) is 18.6 Å². The van der Waals surface area contributed by atoms with Crippen LogP contribution in [0.5, 0.6) is 0 Å². The third-order valence-electron chi connectivity index (χ3n) is 2.49. The lowest BCUT2D eigenvalue weighted by atomic mass is 10.2. The topological polar surface area (TPSA) is 41.1 Å². The fraction of sp³-hybridized carbons (Fsp3) is 0.556. The molecule has 1 aliphatic rings. The van der Waals surface area contributed by atoms with Crippen molar-refractivity contribution in [1.29, 1.82) is 0 Å². The molecule has 1 atom stereocenters. The van der Waals surface area contributed by atoms with Crippen molar-refractivity contribution in [2.45, 2.75) is 12.5 Å². The summed E-state index contributed by atoms with van der Waals surface area (Å²) in [7, 11) is 2.07. The van der Waals surface area contributed by atoms with Gasteiger partial charge in [-0.25, -0.2) is 4.98 Å². The third kappa shape index (κ3) is 2.33. The maximum Gasteiger partial charge on any atom is 0.147 e. The largest absolute Gasteiger partial charge is 0.354 e. The number of hydrogen-bond acceptors (Lipinski definition) is 4. The predicted molar refractivity (Wildman–Crippen MR) is 59.0 cm³/mol. The van der Waals surface area contributed by atoms with Gasteiger partial charge in [-0.3, -0.25) is 4.98 Å². The van der Waals surface area contributed by atoms with Crippen molar-refractivity contribution >= 4 is 18.2 Å². The van der Waals surface area contributed by atoms with Gasteiger partial charge in [0, 0.05) is 32.0 Å². The van der Waals surface area contributed by atoms with Gasteiger partial charge in [0.1, 0.15) is 5.82 Å². The molecule has 0 amide bonds. The molecule has 78 valence electrons. The Labute approximate surface area is 90.2 Å². The van der Waals surface area contributed by atoms with Crippen LogP contribution >= 0.6 is 12.4 Å². The lowest BCUT2D eigenvalue weighted by Gasteiger charge is -2.23. The van der Waals surface area contributed by atoms with E-state index in [0.717, 1.165) is 18.9 Å². The van der Waals surface area contributed by atoms with E-state index in [0.29, 0.717) is 6.04 Å². The first kappa shape index (κ1) is 11.2. The Morgan fingerprint density at radius 2 is 2.36 bits per heavy atom. The molecule has 14 heavy (non-hydrogen) atoms. The minimum atomic E-state index is 0. The van der Waals surface area contributed by atoms with Gasteiger partial charge in [0.05, 0.1) is 6.20 Å². The molecule has 1 saturated heterocycles. The molecular formula is C9H15ClN4. The van der Waals surface area contributed by atoms with E-state index < -0.39 is 0 Å². The molecule has 2 rings (SSSR count). The average molecular weight is 215 g/mol. The Bertz CT molecular complexity index is 261. The van der Waals surface area contributed by atoms with E-state index in [2.05, 4.69) is 27.2 Å². The zero-order valence-electron chi connectivity index (χ0n) is 8.18. The molecule has 0 saturated carbocycles. The van der Waals surface area contributed by atoms with E-state index in [1.54, 1.807) is 18.6 Å². The van der Waals surface area contributed by atoms with Crippen molar-refractivity contribution in [3.63, 3.8) is 0 Å². The highest BCUT2D eigenvalue weighted by Crippen LogP contribution is 2.13. The minimum Gasteiger partial charge on any atom is -0.354 e. The maximum absolute atomic E-state index is 4.26. The minimum absolute atomic E-state index is 0. The quantitative estimate of drug-likeness (QED) is 0.787. The first-order valence-electron chi connectivity index (χ1n) is 4.57. The van der Waals surface area contributed by atoms with Crippen LogP contribution in [0.3, 0.4) is 0 Å². The lowest BCUT2D eigenvalue weighted by molar-refractivity contribution is 0.676. The Hall–Kier alpha value is -0.870. The molecule has 0 aromatic carbocycles. The monoisotopic (exact) mass is 214 g/mol. The van der Waals surface area contributed by atoms with Crippen molar-refractivity contribution in [3.8, 4) is 0 Å². The second kappa shape index (κ2) is 5.12. The smallest absolute Gasteiger partial charge is 0.147 e. The molecule has 0 unspecified atom stereocenters. The first-order valence-corrected chi connectivity index (χ1v) is 4.57. The molecule has 2 heterocycles. The van der Waals surface area contributed by atoms with Crippen molar-refractivity contribution in [1.82, 2.24) is 15.3 Å². The maximum atomic E-state index is 4.26. The van der Waals surface area contributed by atoms with Gasteiger partial charge >= 0.3 is 0 Å². The van der Waals surface area contributed by atoms with Crippen LogP contribution in [-0.4, -0.2) is 36.1 Å². The normalized spacial score (nSPS) is 20.2. The van der Waals surface area contributed by atoms with E-state index in [9.17, 15) is 0 Å². The summed E-state index contributed by atoms with van der Waals surface area (Å²) in [6, 6.07) is 0.566. The number of likely N-dealkylation sites (N-methyl/N-ethyl adjacent to an activating group) is 1. The van der Waals surface area contributed by atoms with Gasteiger partial charge in [0.2, 0.25) is 0 Å². The number of hydrogen-bond donors (Lipinski definition) is 1. The Morgan fingerprint density at radius 1 is 1.50 bits per heavy atom. The van der Waals surface area contributed by atoms with Gasteiger partial charge in [-0.05, 0) is 13.0 Å². The third-order valence-corrected chi connectivity index (χ3v) is 2.49. The average Bonchev–Trinajstić information content (AvgIpc) is 2.71. The van der Waals surface area contributed by atoms with Gasteiger partial charge in [-0.1, -0.05) is 0 Å². The molecule has 0 bridgehead atoms. The highest BCUT2D eigenvalue weighted by molar-refractivity contribution is 5.85. The molecule has 0 spiro atoms. The van der Waals surface area contributed by atoms with Gasteiger partial charge in [-0.15, -0.1) is 12.4 Å². The molecule has 1 aromatic rings. The number of halogens is 1. The zero-order chi connectivity index (χ0) is 9.10. The molecule has 4 nitrogen and oxygen atoms in total. The number of rotatable bonds is 2. The Balaban J connectivity index is 0.000000980. The summed E-state index contributed by atoms with van der Waals surface area (Å²) in [6.45, 7) is 2.16. The second-order valence-corrected chi connectivity index (χ2v) is 3.32. The van der Waals surface area contributed by atoms with Crippen LogP contribution in [0.4, 0.5) is 5.82 Å². The summed E-state index contributed by atoms with van der Waals surface area (Å²) in [5, 5.41) is 3.33. The summed E-state index contributed by atoms with van der Waals surface area (Å²) in [6.07, 6.45) is 6.42. The van der Waals surface area contributed by atoms with E-state index in [-0.39, 0.29) is 12.4 Å². The molecule has 0 aliphatic carbocycles. The molecule has 0 radical (unpaired) electrons. The van der Waals surface area contributed by atoms with Crippen molar-refractivity contribution < 1.29 is 0 Å². The first-order chi connectivity index (χ1) is 6.38. The number of anilines is 1. The van der Waals surface area contributed by atoms with Gasteiger partial charge in [0.15, 0.2) is 0 Å². The van der Waals surface area contributed by atoms with E-state index in [4.69, 9.17) is 0 Å².